The first kappa shape index (κ1) is 27.1. The van der Waals surface area contributed by atoms with Crippen molar-refractivity contribution in [2.24, 2.45) is 0 Å². The second-order valence-electron chi connectivity index (χ2n) is 11.8. The molecule has 1 saturated heterocycles. The molecule has 0 amide bonds. The Morgan fingerprint density at radius 3 is 1.74 bits per heavy atom. The predicted molar refractivity (Wildman–Crippen MR) is 136 cm³/mol. The molecule has 1 aliphatic rings. The monoisotopic (exact) mass is 486 g/mol. The minimum absolute atomic E-state index is 0.0177. The van der Waals surface area contributed by atoms with Crippen LogP contribution in [0.2, 0.25) is 36.3 Å². The summed E-state index contributed by atoms with van der Waals surface area (Å²) in [6, 6.07) is 9.97. The number of benzene rings is 1. The highest BCUT2D eigenvalue weighted by molar-refractivity contribution is 8.00. The Hall–Kier alpha value is -0.186. The van der Waals surface area contributed by atoms with Gasteiger partial charge in [-0.1, -0.05) is 59.7 Å². The van der Waals surface area contributed by atoms with Gasteiger partial charge in [0.15, 0.2) is 16.6 Å². The highest BCUT2D eigenvalue weighted by Gasteiger charge is 2.53. The first-order valence-corrected chi connectivity index (χ1v) is 18.0. The number of alkyl halides is 1. The molecule has 0 N–H and O–H groups in total. The third-order valence-corrected chi connectivity index (χ3v) is 17.4. The summed E-state index contributed by atoms with van der Waals surface area (Å²) in [4.78, 5) is 1.02. The number of hydrogen-bond donors (Lipinski definition) is 0. The lowest BCUT2D eigenvalue weighted by atomic mass is 10.0. The Kier molecular flexibility index (Phi) is 8.37. The van der Waals surface area contributed by atoms with Gasteiger partial charge in [-0.25, -0.2) is 4.39 Å². The number of rotatable bonds is 6. The van der Waals surface area contributed by atoms with E-state index in [2.05, 4.69) is 67.7 Å². The zero-order valence-electron chi connectivity index (χ0n) is 21.3. The SMILES string of the molecule is C[C@H]1OC(F)[C@H](Sc2ccccc2)[C@@H](O[Si](C)(C)C(C)(C)C)[C@@H]1O[Si](C)(C)C(C)(C)C. The summed E-state index contributed by atoms with van der Waals surface area (Å²) >= 11 is 1.50. The normalized spacial score (nSPS) is 28.6. The molecule has 178 valence electrons. The van der Waals surface area contributed by atoms with E-state index in [1.807, 2.05) is 37.3 Å². The van der Waals surface area contributed by atoms with Gasteiger partial charge in [0, 0.05) is 4.90 Å². The van der Waals surface area contributed by atoms with Crippen molar-refractivity contribution < 1.29 is 18.0 Å². The van der Waals surface area contributed by atoms with Gasteiger partial charge in [0.25, 0.3) is 0 Å². The van der Waals surface area contributed by atoms with Crippen molar-refractivity contribution in [2.75, 3.05) is 0 Å². The molecular formula is C24H43FO3SSi2. The van der Waals surface area contributed by atoms with E-state index in [-0.39, 0.29) is 28.4 Å². The number of thioether (sulfide) groups is 1. The molecule has 1 aromatic carbocycles. The van der Waals surface area contributed by atoms with Crippen LogP contribution in [0.5, 0.6) is 0 Å². The van der Waals surface area contributed by atoms with Gasteiger partial charge in [0.1, 0.15) is 0 Å². The molecule has 1 aromatic rings. The maximum Gasteiger partial charge on any atom is 0.214 e. The van der Waals surface area contributed by atoms with Crippen LogP contribution in [0.25, 0.3) is 0 Å². The molecule has 0 spiro atoms. The lowest BCUT2D eigenvalue weighted by Crippen LogP contribution is -2.63. The van der Waals surface area contributed by atoms with Crippen LogP contribution in [0, 0.1) is 0 Å². The smallest absolute Gasteiger partial charge is 0.214 e. The average molecular weight is 487 g/mol. The average Bonchev–Trinajstić information content (AvgIpc) is 2.60. The molecule has 3 nitrogen and oxygen atoms in total. The van der Waals surface area contributed by atoms with Crippen LogP contribution in [-0.4, -0.2) is 46.6 Å². The minimum atomic E-state index is -2.17. The standard InChI is InChI=1S/C24H43FO3SSi2/c1-17-19(27-30(8,9)23(2,3)4)20(28-31(10,11)24(5,6)7)21(22(25)26-17)29-18-15-13-12-14-16-18/h12-17,19-22H,1-11H3/t17-,19-,20+,21-,22?/m1/s1. The predicted octanol–water partition coefficient (Wildman–Crippen LogP) is 7.64. The van der Waals surface area contributed by atoms with Crippen LogP contribution in [0.15, 0.2) is 35.2 Å². The van der Waals surface area contributed by atoms with Gasteiger partial charge in [-0.2, -0.15) is 0 Å². The van der Waals surface area contributed by atoms with E-state index in [0.29, 0.717) is 0 Å². The van der Waals surface area contributed by atoms with Gasteiger partial charge in [0.05, 0.1) is 23.6 Å². The third-order valence-electron chi connectivity index (χ3n) is 7.20. The van der Waals surface area contributed by atoms with Gasteiger partial charge in [-0.05, 0) is 55.3 Å². The number of hydrogen-bond acceptors (Lipinski definition) is 4. The molecule has 1 fully saturated rings. The third kappa shape index (κ3) is 6.45. The van der Waals surface area contributed by atoms with E-state index >= 15 is 4.39 Å². The first-order chi connectivity index (χ1) is 14.0. The quantitative estimate of drug-likeness (QED) is 0.386. The van der Waals surface area contributed by atoms with E-state index in [4.69, 9.17) is 13.6 Å². The van der Waals surface area contributed by atoms with E-state index in [1.165, 1.54) is 11.8 Å². The second kappa shape index (κ2) is 9.59. The molecule has 5 atom stereocenters. The summed E-state index contributed by atoms with van der Waals surface area (Å²) in [5.74, 6) is 0. The van der Waals surface area contributed by atoms with Crippen LogP contribution in [0.4, 0.5) is 4.39 Å². The van der Waals surface area contributed by atoms with Crippen molar-refractivity contribution in [3.05, 3.63) is 30.3 Å². The van der Waals surface area contributed by atoms with Gasteiger partial charge in [-0.15, -0.1) is 11.8 Å². The molecule has 2 rings (SSSR count). The number of halogens is 1. The van der Waals surface area contributed by atoms with E-state index < -0.39 is 28.2 Å². The van der Waals surface area contributed by atoms with E-state index in [9.17, 15) is 0 Å². The fourth-order valence-electron chi connectivity index (χ4n) is 3.07. The van der Waals surface area contributed by atoms with Gasteiger partial charge < -0.3 is 13.6 Å². The molecule has 7 heteroatoms. The largest absolute Gasteiger partial charge is 0.410 e. The highest BCUT2D eigenvalue weighted by Crippen LogP contribution is 2.46. The van der Waals surface area contributed by atoms with Crippen LogP contribution >= 0.6 is 11.8 Å². The lowest BCUT2D eigenvalue weighted by molar-refractivity contribution is -0.186. The van der Waals surface area contributed by atoms with Crippen molar-refractivity contribution in [1.82, 2.24) is 0 Å². The molecule has 0 bridgehead atoms. The van der Waals surface area contributed by atoms with Crippen molar-refractivity contribution >= 4 is 28.4 Å². The van der Waals surface area contributed by atoms with Crippen LogP contribution in [-0.2, 0) is 13.6 Å². The Labute approximate surface area is 196 Å². The first-order valence-electron chi connectivity index (χ1n) is 11.3. The van der Waals surface area contributed by atoms with Gasteiger partial charge >= 0.3 is 0 Å². The minimum Gasteiger partial charge on any atom is -0.410 e. The van der Waals surface area contributed by atoms with Crippen molar-refractivity contribution in [1.29, 1.82) is 0 Å². The summed E-state index contributed by atoms with van der Waals surface area (Å²) in [6.07, 6.45) is -2.46. The lowest BCUT2D eigenvalue weighted by Gasteiger charge is -2.51. The second-order valence-corrected chi connectivity index (χ2v) is 22.5. The molecule has 1 unspecified atom stereocenters. The highest BCUT2D eigenvalue weighted by atomic mass is 32.2. The Balaban J connectivity index is 2.46. The maximum absolute atomic E-state index is 15.4. The molecule has 1 heterocycles. The zero-order valence-corrected chi connectivity index (χ0v) is 24.1. The summed E-state index contributed by atoms with van der Waals surface area (Å²) in [5.41, 5.74) is 0. The molecule has 1 aliphatic heterocycles. The van der Waals surface area contributed by atoms with Crippen LogP contribution in [0.3, 0.4) is 0 Å². The van der Waals surface area contributed by atoms with Crippen LogP contribution in [0.1, 0.15) is 48.5 Å². The molecule has 31 heavy (non-hydrogen) atoms. The molecular weight excluding hydrogens is 443 g/mol. The van der Waals surface area contributed by atoms with Gasteiger partial charge in [-0.3, -0.25) is 0 Å². The van der Waals surface area contributed by atoms with Crippen molar-refractivity contribution in [2.45, 2.75) is 120 Å². The van der Waals surface area contributed by atoms with Crippen molar-refractivity contribution in [3.8, 4) is 0 Å². The zero-order chi connectivity index (χ0) is 23.8. The summed E-state index contributed by atoms with van der Waals surface area (Å²) < 4.78 is 35.0. The molecule has 0 aliphatic carbocycles. The van der Waals surface area contributed by atoms with E-state index in [1.54, 1.807) is 0 Å². The van der Waals surface area contributed by atoms with Gasteiger partial charge in [0.2, 0.25) is 6.36 Å². The summed E-state index contributed by atoms with van der Waals surface area (Å²) in [7, 11) is -4.29. The van der Waals surface area contributed by atoms with Crippen molar-refractivity contribution in [3.63, 3.8) is 0 Å². The molecule has 0 saturated carbocycles. The fraction of sp³-hybridized carbons (Fsp3) is 0.750. The molecule has 0 radical (unpaired) electrons. The van der Waals surface area contributed by atoms with Crippen LogP contribution < -0.4 is 0 Å². The Bertz CT molecular complexity index is 716. The maximum atomic E-state index is 15.4. The summed E-state index contributed by atoms with van der Waals surface area (Å²) in [5, 5.41) is -0.422. The summed E-state index contributed by atoms with van der Waals surface area (Å²) in [6.45, 7) is 24.2. The van der Waals surface area contributed by atoms with E-state index in [0.717, 1.165) is 4.90 Å². The Morgan fingerprint density at radius 1 is 0.839 bits per heavy atom. The topological polar surface area (TPSA) is 27.7 Å². The molecule has 0 aromatic heterocycles. The number of ether oxygens (including phenoxy) is 1. The fourth-order valence-corrected chi connectivity index (χ4v) is 6.99. The Morgan fingerprint density at radius 2 is 1.29 bits per heavy atom.